The molecule has 0 aliphatic carbocycles. The second-order valence-electron chi connectivity index (χ2n) is 4.97. The van der Waals surface area contributed by atoms with Crippen molar-refractivity contribution in [2.45, 2.75) is 31.4 Å². The third-order valence-electron chi connectivity index (χ3n) is 3.66. The van der Waals surface area contributed by atoms with E-state index in [0.29, 0.717) is 18.4 Å². The molecular weight excluding hydrogens is 224 g/mol. The maximum absolute atomic E-state index is 13.2. The standard InChI is InChI=1S/C13H17F2NO/c1-9-8-13(17,3-4-16(9)2)10-5-11(14)7-12(15)6-10/h5-7,9,17H,3-4,8H2,1-2H3. The molecule has 94 valence electrons. The van der Waals surface area contributed by atoms with Crippen LogP contribution in [-0.4, -0.2) is 29.6 Å². The zero-order valence-corrected chi connectivity index (χ0v) is 10.1. The number of aliphatic hydroxyl groups is 1. The number of benzene rings is 1. The minimum absolute atomic E-state index is 0.195. The lowest BCUT2D eigenvalue weighted by atomic mass is 9.81. The molecular formula is C13H17F2NO. The number of likely N-dealkylation sites (tertiary alicyclic amines) is 1. The van der Waals surface area contributed by atoms with E-state index < -0.39 is 17.2 Å². The highest BCUT2D eigenvalue weighted by Gasteiger charge is 2.37. The molecule has 2 rings (SSSR count). The molecule has 1 aromatic carbocycles. The van der Waals surface area contributed by atoms with Gasteiger partial charge in [0.25, 0.3) is 0 Å². The maximum Gasteiger partial charge on any atom is 0.126 e. The third kappa shape index (κ3) is 2.48. The van der Waals surface area contributed by atoms with E-state index in [4.69, 9.17) is 0 Å². The predicted octanol–water partition coefficient (Wildman–Crippen LogP) is 2.27. The molecule has 1 saturated heterocycles. The summed E-state index contributed by atoms with van der Waals surface area (Å²) >= 11 is 0. The van der Waals surface area contributed by atoms with Crippen molar-refractivity contribution in [3.8, 4) is 0 Å². The van der Waals surface area contributed by atoms with Crippen molar-refractivity contribution in [3.05, 3.63) is 35.4 Å². The number of nitrogens with zero attached hydrogens (tertiary/aromatic N) is 1. The first-order valence-corrected chi connectivity index (χ1v) is 5.80. The molecule has 2 unspecified atom stereocenters. The van der Waals surface area contributed by atoms with Crippen molar-refractivity contribution < 1.29 is 13.9 Å². The van der Waals surface area contributed by atoms with Gasteiger partial charge in [-0.3, -0.25) is 0 Å². The Morgan fingerprint density at radius 2 is 1.88 bits per heavy atom. The fourth-order valence-corrected chi connectivity index (χ4v) is 2.41. The van der Waals surface area contributed by atoms with Crippen LogP contribution in [0.1, 0.15) is 25.3 Å². The van der Waals surface area contributed by atoms with Crippen molar-refractivity contribution in [2.24, 2.45) is 0 Å². The normalized spacial score (nSPS) is 30.5. The first-order valence-electron chi connectivity index (χ1n) is 5.80. The van der Waals surface area contributed by atoms with Gasteiger partial charge < -0.3 is 10.0 Å². The Kier molecular flexibility index (Phi) is 3.19. The van der Waals surface area contributed by atoms with Gasteiger partial charge >= 0.3 is 0 Å². The summed E-state index contributed by atoms with van der Waals surface area (Å²) in [6, 6.07) is 3.47. The Morgan fingerprint density at radius 1 is 1.29 bits per heavy atom. The highest BCUT2D eigenvalue weighted by atomic mass is 19.1. The number of rotatable bonds is 1. The molecule has 0 bridgehead atoms. The van der Waals surface area contributed by atoms with Gasteiger partial charge in [0, 0.05) is 18.7 Å². The lowest BCUT2D eigenvalue weighted by Gasteiger charge is -2.41. The molecule has 0 aromatic heterocycles. The Hall–Kier alpha value is -1.00. The van der Waals surface area contributed by atoms with Gasteiger partial charge in [-0.05, 0) is 44.5 Å². The van der Waals surface area contributed by atoms with E-state index in [9.17, 15) is 13.9 Å². The lowest BCUT2D eigenvalue weighted by Crippen LogP contribution is -2.46. The first-order chi connectivity index (χ1) is 7.90. The molecule has 4 heteroatoms. The summed E-state index contributed by atoms with van der Waals surface area (Å²) in [6.07, 6.45) is 0.989. The van der Waals surface area contributed by atoms with Gasteiger partial charge in [0.05, 0.1) is 5.60 Å². The van der Waals surface area contributed by atoms with Crippen molar-refractivity contribution in [1.82, 2.24) is 4.90 Å². The molecule has 0 spiro atoms. The van der Waals surface area contributed by atoms with Gasteiger partial charge in [-0.1, -0.05) is 0 Å². The number of hydrogen-bond donors (Lipinski definition) is 1. The van der Waals surface area contributed by atoms with Crippen LogP contribution in [0.25, 0.3) is 0 Å². The van der Waals surface area contributed by atoms with Gasteiger partial charge in [-0.25, -0.2) is 8.78 Å². The topological polar surface area (TPSA) is 23.5 Å². The summed E-state index contributed by atoms with van der Waals surface area (Å²) in [6.45, 7) is 2.72. The Bertz CT molecular complexity index is 404. The molecule has 0 saturated carbocycles. The van der Waals surface area contributed by atoms with Crippen LogP contribution in [0, 0.1) is 11.6 Å². The highest BCUT2D eigenvalue weighted by molar-refractivity contribution is 5.25. The van der Waals surface area contributed by atoms with E-state index in [1.807, 2.05) is 14.0 Å². The van der Waals surface area contributed by atoms with Gasteiger partial charge in [0.1, 0.15) is 11.6 Å². The summed E-state index contributed by atoms with van der Waals surface area (Å²) in [5.74, 6) is -1.28. The predicted molar refractivity (Wildman–Crippen MR) is 61.6 cm³/mol. The molecule has 1 aliphatic heterocycles. The molecule has 1 aromatic rings. The molecule has 2 nitrogen and oxygen atoms in total. The lowest BCUT2D eigenvalue weighted by molar-refractivity contribution is -0.0412. The third-order valence-corrected chi connectivity index (χ3v) is 3.66. The van der Waals surface area contributed by atoms with Crippen LogP contribution in [0.3, 0.4) is 0 Å². The van der Waals surface area contributed by atoms with Gasteiger partial charge in [0.15, 0.2) is 0 Å². The van der Waals surface area contributed by atoms with Gasteiger partial charge in [-0.2, -0.15) is 0 Å². The molecule has 1 aliphatic rings. The van der Waals surface area contributed by atoms with Crippen molar-refractivity contribution in [3.63, 3.8) is 0 Å². The van der Waals surface area contributed by atoms with Crippen LogP contribution in [0.2, 0.25) is 0 Å². The molecule has 1 heterocycles. The van der Waals surface area contributed by atoms with Crippen LogP contribution in [-0.2, 0) is 5.60 Å². The Balaban J connectivity index is 2.31. The summed E-state index contributed by atoms with van der Waals surface area (Å²) < 4.78 is 26.3. The summed E-state index contributed by atoms with van der Waals surface area (Å²) in [4.78, 5) is 2.13. The van der Waals surface area contributed by atoms with E-state index in [2.05, 4.69) is 4.90 Å². The highest BCUT2D eigenvalue weighted by Crippen LogP contribution is 2.35. The average molecular weight is 241 g/mol. The number of hydrogen-bond acceptors (Lipinski definition) is 2. The van der Waals surface area contributed by atoms with Crippen LogP contribution in [0.15, 0.2) is 18.2 Å². The van der Waals surface area contributed by atoms with Crippen LogP contribution in [0.4, 0.5) is 8.78 Å². The SMILES string of the molecule is CC1CC(O)(c2cc(F)cc(F)c2)CCN1C. The van der Waals surface area contributed by atoms with E-state index in [0.717, 1.165) is 12.6 Å². The molecule has 1 N–H and O–H groups in total. The fourth-order valence-electron chi connectivity index (χ4n) is 2.41. The minimum atomic E-state index is -1.12. The van der Waals surface area contributed by atoms with Crippen molar-refractivity contribution >= 4 is 0 Å². The van der Waals surface area contributed by atoms with Crippen molar-refractivity contribution in [2.75, 3.05) is 13.6 Å². The van der Waals surface area contributed by atoms with Crippen LogP contribution >= 0.6 is 0 Å². The van der Waals surface area contributed by atoms with Crippen molar-refractivity contribution in [1.29, 1.82) is 0 Å². The Labute approximate surface area is 99.9 Å². The maximum atomic E-state index is 13.2. The molecule has 0 radical (unpaired) electrons. The van der Waals surface area contributed by atoms with E-state index in [-0.39, 0.29) is 6.04 Å². The Morgan fingerprint density at radius 3 is 2.41 bits per heavy atom. The summed E-state index contributed by atoms with van der Waals surface area (Å²) in [5.41, 5.74) is -0.774. The van der Waals surface area contributed by atoms with E-state index in [1.165, 1.54) is 12.1 Å². The second kappa shape index (κ2) is 4.35. The smallest absolute Gasteiger partial charge is 0.126 e. The zero-order chi connectivity index (χ0) is 12.6. The van der Waals surface area contributed by atoms with E-state index in [1.54, 1.807) is 0 Å². The first kappa shape index (κ1) is 12.5. The second-order valence-corrected chi connectivity index (χ2v) is 4.97. The minimum Gasteiger partial charge on any atom is -0.385 e. The zero-order valence-electron chi connectivity index (χ0n) is 10.1. The fraction of sp³-hybridized carbons (Fsp3) is 0.538. The summed E-state index contributed by atoms with van der Waals surface area (Å²) in [7, 11) is 1.98. The number of piperidine rings is 1. The molecule has 17 heavy (non-hydrogen) atoms. The van der Waals surface area contributed by atoms with Gasteiger partial charge in [-0.15, -0.1) is 0 Å². The monoisotopic (exact) mass is 241 g/mol. The average Bonchev–Trinajstić information content (AvgIpc) is 2.23. The van der Waals surface area contributed by atoms with Gasteiger partial charge in [0.2, 0.25) is 0 Å². The van der Waals surface area contributed by atoms with Crippen LogP contribution < -0.4 is 0 Å². The summed E-state index contributed by atoms with van der Waals surface area (Å²) in [5, 5.41) is 10.5. The number of halogens is 2. The van der Waals surface area contributed by atoms with Crippen LogP contribution in [0.5, 0.6) is 0 Å². The van der Waals surface area contributed by atoms with E-state index >= 15 is 0 Å². The molecule has 2 atom stereocenters. The quantitative estimate of drug-likeness (QED) is 0.815. The molecule has 1 fully saturated rings. The largest absolute Gasteiger partial charge is 0.385 e. The molecule has 0 amide bonds.